The van der Waals surface area contributed by atoms with Crippen molar-refractivity contribution < 1.29 is 24.2 Å². The maximum atomic E-state index is 12.1. The quantitative estimate of drug-likeness (QED) is 0.889. The average molecular weight is 307 g/mol. The van der Waals surface area contributed by atoms with Crippen LogP contribution in [0.2, 0.25) is 0 Å². The number of aliphatic carboxylic acids is 1. The lowest BCUT2D eigenvalue weighted by Gasteiger charge is -2.30. The van der Waals surface area contributed by atoms with E-state index in [2.05, 4.69) is 0 Å². The average Bonchev–Trinajstić information content (AvgIpc) is 2.51. The molecule has 6 heteroatoms. The minimum Gasteiger partial charge on any atom is -0.493 e. The van der Waals surface area contributed by atoms with E-state index in [1.54, 1.807) is 0 Å². The highest BCUT2D eigenvalue weighted by Crippen LogP contribution is 2.20. The van der Waals surface area contributed by atoms with Gasteiger partial charge in [-0.05, 0) is 31.0 Å². The first kappa shape index (κ1) is 16.3. The Hall–Kier alpha value is -2.08. The number of carboxylic acids is 1. The fourth-order valence-corrected chi connectivity index (χ4v) is 2.31. The largest absolute Gasteiger partial charge is 0.493 e. The molecule has 1 aromatic carbocycles. The van der Waals surface area contributed by atoms with Gasteiger partial charge in [0.25, 0.3) is 0 Å². The Morgan fingerprint density at radius 2 is 2.18 bits per heavy atom. The number of carbonyl (C=O) groups excluding carboxylic acids is 1. The van der Waals surface area contributed by atoms with E-state index >= 15 is 0 Å². The van der Waals surface area contributed by atoms with Crippen LogP contribution in [-0.4, -0.2) is 54.3 Å². The van der Waals surface area contributed by atoms with Gasteiger partial charge in [0.15, 0.2) is 6.10 Å². The van der Waals surface area contributed by atoms with Crippen molar-refractivity contribution in [1.29, 1.82) is 0 Å². The lowest BCUT2D eigenvalue weighted by molar-refractivity contribution is -0.159. The smallest absolute Gasteiger partial charge is 0.334 e. The summed E-state index contributed by atoms with van der Waals surface area (Å²) in [4.78, 5) is 24.5. The molecule has 1 aromatic rings. The molecule has 120 valence electrons. The van der Waals surface area contributed by atoms with Crippen molar-refractivity contribution in [1.82, 2.24) is 4.90 Å². The molecule has 0 saturated carbocycles. The van der Waals surface area contributed by atoms with Crippen LogP contribution in [0.5, 0.6) is 5.75 Å². The molecule has 1 saturated heterocycles. The highest BCUT2D eigenvalue weighted by molar-refractivity contribution is 5.78. The van der Waals surface area contributed by atoms with Crippen molar-refractivity contribution in [3.05, 3.63) is 29.3 Å². The molecule has 1 fully saturated rings. The second-order valence-corrected chi connectivity index (χ2v) is 5.33. The van der Waals surface area contributed by atoms with E-state index in [9.17, 15) is 9.59 Å². The third-order valence-electron chi connectivity index (χ3n) is 3.82. The van der Waals surface area contributed by atoms with Crippen LogP contribution < -0.4 is 4.74 Å². The summed E-state index contributed by atoms with van der Waals surface area (Å²) >= 11 is 0. The molecular weight excluding hydrogens is 286 g/mol. The van der Waals surface area contributed by atoms with E-state index in [1.807, 2.05) is 32.0 Å². The third-order valence-corrected chi connectivity index (χ3v) is 3.82. The van der Waals surface area contributed by atoms with E-state index in [4.69, 9.17) is 14.6 Å². The molecule has 0 bridgehead atoms. The summed E-state index contributed by atoms with van der Waals surface area (Å²) < 4.78 is 10.8. The molecule has 1 aliphatic heterocycles. The Kier molecular flexibility index (Phi) is 5.38. The summed E-state index contributed by atoms with van der Waals surface area (Å²) in [5.41, 5.74) is 2.20. The minimum absolute atomic E-state index is 0.0949. The molecule has 0 aliphatic carbocycles. The Morgan fingerprint density at radius 1 is 1.41 bits per heavy atom. The van der Waals surface area contributed by atoms with Gasteiger partial charge in [-0.2, -0.15) is 0 Å². The zero-order valence-electron chi connectivity index (χ0n) is 12.9. The van der Waals surface area contributed by atoms with Crippen molar-refractivity contribution in [2.24, 2.45) is 0 Å². The molecule has 22 heavy (non-hydrogen) atoms. The van der Waals surface area contributed by atoms with Crippen molar-refractivity contribution in [2.45, 2.75) is 26.4 Å². The number of nitrogens with zero attached hydrogens (tertiary/aromatic N) is 1. The van der Waals surface area contributed by atoms with Gasteiger partial charge in [-0.25, -0.2) is 4.79 Å². The molecular formula is C16H21NO5. The number of hydrogen-bond donors (Lipinski definition) is 1. The molecule has 0 spiro atoms. The second-order valence-electron chi connectivity index (χ2n) is 5.33. The van der Waals surface area contributed by atoms with Gasteiger partial charge in [-0.15, -0.1) is 0 Å². The molecule has 0 unspecified atom stereocenters. The van der Waals surface area contributed by atoms with Crippen LogP contribution in [0.4, 0.5) is 0 Å². The van der Waals surface area contributed by atoms with E-state index in [0.717, 1.165) is 16.9 Å². The number of carbonyl (C=O) groups is 2. The van der Waals surface area contributed by atoms with Crippen molar-refractivity contribution in [3.8, 4) is 5.75 Å². The van der Waals surface area contributed by atoms with E-state index in [0.29, 0.717) is 6.54 Å². The zero-order valence-corrected chi connectivity index (χ0v) is 12.9. The third kappa shape index (κ3) is 3.98. The van der Waals surface area contributed by atoms with Crippen LogP contribution in [0.1, 0.15) is 17.5 Å². The first-order chi connectivity index (χ1) is 10.5. The molecule has 0 aromatic heterocycles. The van der Waals surface area contributed by atoms with Gasteiger partial charge in [0, 0.05) is 6.54 Å². The molecule has 1 atom stereocenters. The van der Waals surface area contributed by atoms with Gasteiger partial charge in [-0.1, -0.05) is 12.1 Å². The number of hydrogen-bond acceptors (Lipinski definition) is 4. The van der Waals surface area contributed by atoms with Crippen LogP contribution in [0.15, 0.2) is 18.2 Å². The predicted molar refractivity (Wildman–Crippen MR) is 80.0 cm³/mol. The maximum Gasteiger partial charge on any atom is 0.334 e. The number of amides is 1. The fraction of sp³-hybridized carbons (Fsp3) is 0.500. The van der Waals surface area contributed by atoms with Gasteiger partial charge in [0.2, 0.25) is 5.91 Å². The minimum atomic E-state index is -1.04. The summed E-state index contributed by atoms with van der Waals surface area (Å²) in [6.07, 6.45) is -0.711. The van der Waals surface area contributed by atoms with Gasteiger partial charge in [0.1, 0.15) is 5.75 Å². The maximum absolute atomic E-state index is 12.1. The van der Waals surface area contributed by atoms with Crippen LogP contribution in [0.3, 0.4) is 0 Å². The number of carboxylic acid groups (broad SMARTS) is 1. The lowest BCUT2D eigenvalue weighted by atomic mass is 10.1. The van der Waals surface area contributed by atoms with Crippen molar-refractivity contribution >= 4 is 11.9 Å². The van der Waals surface area contributed by atoms with Gasteiger partial charge < -0.3 is 19.5 Å². The molecule has 1 aliphatic rings. The van der Waals surface area contributed by atoms with Crippen LogP contribution >= 0.6 is 0 Å². The highest BCUT2D eigenvalue weighted by atomic mass is 16.5. The zero-order chi connectivity index (χ0) is 16.1. The first-order valence-electron chi connectivity index (χ1n) is 7.30. The predicted octanol–water partition coefficient (Wildman–Crippen LogP) is 1.38. The second kappa shape index (κ2) is 7.26. The Morgan fingerprint density at radius 3 is 2.91 bits per heavy atom. The molecule has 0 radical (unpaired) electrons. The molecule has 1 N–H and O–H groups in total. The normalized spacial score (nSPS) is 18.1. The van der Waals surface area contributed by atoms with Gasteiger partial charge in [0.05, 0.1) is 26.2 Å². The summed E-state index contributed by atoms with van der Waals surface area (Å²) in [6, 6.07) is 5.80. The van der Waals surface area contributed by atoms with Crippen molar-refractivity contribution in [2.75, 3.05) is 26.3 Å². The molecule has 1 amide bonds. The summed E-state index contributed by atoms with van der Waals surface area (Å²) in [7, 11) is 0. The van der Waals surface area contributed by atoms with E-state index in [1.165, 1.54) is 4.90 Å². The molecule has 2 rings (SSSR count). The summed E-state index contributed by atoms with van der Waals surface area (Å²) in [5, 5.41) is 8.93. The SMILES string of the molecule is Cc1cccc(OCCC(=O)N2CCO[C@@H](C(=O)O)C2)c1C. The van der Waals surface area contributed by atoms with Crippen molar-refractivity contribution in [3.63, 3.8) is 0 Å². The van der Waals surface area contributed by atoms with E-state index < -0.39 is 12.1 Å². The van der Waals surface area contributed by atoms with Gasteiger partial charge in [-0.3, -0.25) is 4.79 Å². The first-order valence-corrected chi connectivity index (χ1v) is 7.30. The Bertz CT molecular complexity index is 557. The number of aryl methyl sites for hydroxylation is 1. The number of morpholine rings is 1. The fourth-order valence-electron chi connectivity index (χ4n) is 2.31. The standard InChI is InChI=1S/C16H21NO5/c1-11-4-3-5-13(12(11)2)21-8-6-15(18)17-7-9-22-14(10-17)16(19)20/h3-5,14H,6-10H2,1-2H3,(H,19,20)/t14-/m1/s1. The number of ether oxygens (including phenoxy) is 2. The Labute approximate surface area is 129 Å². The van der Waals surface area contributed by atoms with Crippen LogP contribution in [0.25, 0.3) is 0 Å². The number of benzene rings is 1. The molecule has 6 nitrogen and oxygen atoms in total. The summed E-state index contributed by atoms with van der Waals surface area (Å²) in [6.45, 7) is 5.03. The van der Waals surface area contributed by atoms with Crippen LogP contribution in [-0.2, 0) is 14.3 Å². The van der Waals surface area contributed by atoms with E-state index in [-0.39, 0.29) is 32.1 Å². The lowest BCUT2D eigenvalue weighted by Crippen LogP contribution is -2.48. The molecule has 1 heterocycles. The van der Waals surface area contributed by atoms with Crippen LogP contribution in [0, 0.1) is 13.8 Å². The number of rotatable bonds is 5. The summed E-state index contributed by atoms with van der Waals surface area (Å²) in [5.74, 6) is -0.373. The topological polar surface area (TPSA) is 76.1 Å². The monoisotopic (exact) mass is 307 g/mol. The van der Waals surface area contributed by atoms with Gasteiger partial charge >= 0.3 is 5.97 Å². The highest BCUT2D eigenvalue weighted by Gasteiger charge is 2.28. The Balaban J connectivity index is 1.82.